The van der Waals surface area contributed by atoms with Gasteiger partial charge in [-0.3, -0.25) is 4.79 Å². The van der Waals surface area contributed by atoms with E-state index in [-0.39, 0.29) is 18.0 Å². The molecule has 3 aliphatic heterocycles. The van der Waals surface area contributed by atoms with Gasteiger partial charge in [0.2, 0.25) is 0 Å². The number of amides is 3. The van der Waals surface area contributed by atoms with Crippen LogP contribution in [0.5, 0.6) is 0 Å². The molecule has 21 heavy (non-hydrogen) atoms. The third kappa shape index (κ3) is 2.62. The minimum atomic E-state index is 0.0427. The summed E-state index contributed by atoms with van der Waals surface area (Å²) in [5, 5.41) is 0. The highest BCUT2D eigenvalue weighted by atomic mass is 16.2. The lowest BCUT2D eigenvalue weighted by atomic mass is 9.95. The minimum absolute atomic E-state index is 0.0427. The van der Waals surface area contributed by atoms with Crippen LogP contribution in [0.1, 0.15) is 23.3 Å². The molecule has 1 N–H and O–H groups in total. The highest BCUT2D eigenvalue weighted by molar-refractivity contribution is 5.92. The second-order valence-electron chi connectivity index (χ2n) is 6.22. The SMILES string of the molecule is CN(C)C(=O)N1C[C@H]2CC[C@@H](C1)N(C(=O)c1ccc[nH]1)C2. The Morgan fingerprint density at radius 3 is 2.71 bits per heavy atom. The van der Waals surface area contributed by atoms with Gasteiger partial charge >= 0.3 is 6.03 Å². The molecule has 3 saturated heterocycles. The predicted octanol–water partition coefficient (Wildman–Crippen LogP) is 1.23. The van der Waals surface area contributed by atoms with Crippen LogP contribution in [0.25, 0.3) is 0 Å². The topological polar surface area (TPSA) is 59.7 Å². The molecule has 0 aromatic carbocycles. The number of rotatable bonds is 1. The van der Waals surface area contributed by atoms with Crippen LogP contribution in [-0.4, -0.2) is 71.4 Å². The molecular weight excluding hydrogens is 268 g/mol. The fourth-order valence-corrected chi connectivity index (χ4v) is 3.39. The molecule has 3 amide bonds. The van der Waals surface area contributed by atoms with Crippen molar-refractivity contribution in [3.05, 3.63) is 24.0 Å². The number of carbonyl (C=O) groups excluding carboxylic acids is 2. The Morgan fingerprint density at radius 1 is 1.24 bits per heavy atom. The molecule has 2 atom stereocenters. The van der Waals surface area contributed by atoms with Crippen LogP contribution < -0.4 is 0 Å². The van der Waals surface area contributed by atoms with E-state index in [4.69, 9.17) is 0 Å². The molecule has 0 aliphatic carbocycles. The van der Waals surface area contributed by atoms with Crippen molar-refractivity contribution in [2.45, 2.75) is 18.9 Å². The number of urea groups is 1. The lowest BCUT2D eigenvalue weighted by molar-refractivity contribution is 0.0580. The zero-order valence-electron chi connectivity index (χ0n) is 12.6. The van der Waals surface area contributed by atoms with Crippen LogP contribution in [0, 0.1) is 5.92 Å². The van der Waals surface area contributed by atoms with Crippen LogP contribution in [-0.2, 0) is 0 Å². The first-order valence-corrected chi connectivity index (χ1v) is 7.47. The lowest BCUT2D eigenvalue weighted by Gasteiger charge is -2.35. The van der Waals surface area contributed by atoms with Crippen LogP contribution in [0.15, 0.2) is 18.3 Å². The van der Waals surface area contributed by atoms with Crippen molar-refractivity contribution in [3.63, 3.8) is 0 Å². The molecule has 1 aromatic rings. The minimum Gasteiger partial charge on any atom is -0.357 e. The fraction of sp³-hybridized carbons (Fsp3) is 0.600. The zero-order valence-corrected chi connectivity index (χ0v) is 12.6. The third-order valence-electron chi connectivity index (χ3n) is 4.46. The van der Waals surface area contributed by atoms with E-state index in [0.717, 1.165) is 25.9 Å². The second kappa shape index (κ2) is 5.42. The maximum atomic E-state index is 12.6. The van der Waals surface area contributed by atoms with Crippen molar-refractivity contribution in [1.29, 1.82) is 0 Å². The largest absolute Gasteiger partial charge is 0.357 e. The summed E-state index contributed by atoms with van der Waals surface area (Å²) in [7, 11) is 3.55. The molecule has 114 valence electrons. The Kier molecular flexibility index (Phi) is 3.61. The molecule has 6 nitrogen and oxygen atoms in total. The first kappa shape index (κ1) is 14.0. The van der Waals surface area contributed by atoms with Crippen LogP contribution in [0.3, 0.4) is 0 Å². The van der Waals surface area contributed by atoms with Gasteiger partial charge < -0.3 is 19.7 Å². The highest BCUT2D eigenvalue weighted by Gasteiger charge is 2.39. The van der Waals surface area contributed by atoms with Gasteiger partial charge in [0.1, 0.15) is 5.69 Å². The standard InChI is InChI=1S/C15H22N4O2/c1-17(2)15(21)18-8-11-5-6-12(10-18)19(9-11)14(20)13-4-3-7-16-13/h3-4,7,11-12,16H,5-6,8-10H2,1-2H3/t11-,12+/m1/s1. The van der Waals surface area contributed by atoms with Crippen molar-refractivity contribution >= 4 is 11.9 Å². The molecule has 3 aliphatic rings. The van der Waals surface area contributed by atoms with Gasteiger partial charge in [-0.1, -0.05) is 0 Å². The van der Waals surface area contributed by atoms with Gasteiger partial charge in [-0.15, -0.1) is 0 Å². The van der Waals surface area contributed by atoms with Gasteiger partial charge in [-0.05, 0) is 30.9 Å². The Bertz CT molecular complexity index is 526. The quantitative estimate of drug-likeness (QED) is 0.846. The number of aromatic amines is 1. The summed E-state index contributed by atoms with van der Waals surface area (Å²) in [6.07, 6.45) is 3.84. The maximum Gasteiger partial charge on any atom is 0.319 e. The van der Waals surface area contributed by atoms with Gasteiger partial charge in [-0.25, -0.2) is 4.79 Å². The maximum absolute atomic E-state index is 12.6. The summed E-state index contributed by atoms with van der Waals surface area (Å²) >= 11 is 0. The van der Waals surface area contributed by atoms with Crippen LogP contribution >= 0.6 is 0 Å². The average molecular weight is 290 g/mol. The van der Waals surface area contributed by atoms with Crippen molar-refractivity contribution < 1.29 is 9.59 Å². The van der Waals surface area contributed by atoms with Crippen molar-refractivity contribution in [3.8, 4) is 0 Å². The normalized spacial score (nSPS) is 24.9. The molecule has 0 unspecified atom stereocenters. The van der Waals surface area contributed by atoms with E-state index >= 15 is 0 Å². The number of H-pyrrole nitrogens is 1. The summed E-state index contributed by atoms with van der Waals surface area (Å²) in [5.74, 6) is 0.431. The van der Waals surface area contributed by atoms with Crippen molar-refractivity contribution in [2.24, 2.45) is 5.92 Å². The summed E-state index contributed by atoms with van der Waals surface area (Å²) in [5.41, 5.74) is 0.632. The monoisotopic (exact) mass is 290 g/mol. The molecule has 0 saturated carbocycles. The van der Waals surface area contributed by atoms with Gasteiger partial charge in [0.05, 0.1) is 0 Å². The van der Waals surface area contributed by atoms with Crippen molar-refractivity contribution in [2.75, 3.05) is 33.7 Å². The number of piperidine rings is 1. The molecule has 4 heterocycles. The zero-order chi connectivity index (χ0) is 15.0. The predicted molar refractivity (Wildman–Crippen MR) is 79.0 cm³/mol. The Balaban J connectivity index is 1.78. The second-order valence-corrected chi connectivity index (χ2v) is 6.22. The summed E-state index contributed by atoms with van der Waals surface area (Å²) in [4.78, 5) is 33.3. The molecule has 0 spiro atoms. The van der Waals surface area contributed by atoms with Crippen molar-refractivity contribution in [1.82, 2.24) is 19.7 Å². The number of nitrogens with one attached hydrogen (secondary N) is 1. The van der Waals surface area contributed by atoms with E-state index in [0.29, 0.717) is 18.2 Å². The summed E-state index contributed by atoms with van der Waals surface area (Å²) < 4.78 is 0. The van der Waals surface area contributed by atoms with Crippen LogP contribution in [0.2, 0.25) is 0 Å². The highest BCUT2D eigenvalue weighted by Crippen LogP contribution is 2.29. The van der Waals surface area contributed by atoms with E-state index in [1.807, 2.05) is 21.9 Å². The Morgan fingerprint density at radius 2 is 2.05 bits per heavy atom. The van der Waals surface area contributed by atoms with Gasteiger partial charge in [0.15, 0.2) is 0 Å². The molecule has 0 radical (unpaired) electrons. The molecule has 6 heteroatoms. The number of nitrogens with zero attached hydrogens (tertiary/aromatic N) is 3. The van der Waals surface area contributed by atoms with Gasteiger partial charge in [0.25, 0.3) is 5.91 Å². The smallest absolute Gasteiger partial charge is 0.319 e. The fourth-order valence-electron chi connectivity index (χ4n) is 3.39. The van der Waals surface area contributed by atoms with E-state index in [2.05, 4.69) is 4.98 Å². The number of hydrogen-bond donors (Lipinski definition) is 1. The molecule has 3 fully saturated rings. The number of fused-ring (bicyclic) bond motifs is 4. The average Bonchev–Trinajstić information content (AvgIpc) is 2.85. The molecule has 1 aromatic heterocycles. The molecular formula is C15H22N4O2. The van der Waals surface area contributed by atoms with E-state index in [1.165, 1.54) is 0 Å². The van der Waals surface area contributed by atoms with E-state index in [1.54, 1.807) is 25.2 Å². The number of carbonyl (C=O) groups is 2. The Labute approximate surface area is 124 Å². The van der Waals surface area contributed by atoms with Gasteiger partial charge in [-0.2, -0.15) is 0 Å². The number of aromatic nitrogens is 1. The Hall–Kier alpha value is -1.98. The molecule has 4 rings (SSSR count). The molecule has 2 bridgehead atoms. The van der Waals surface area contributed by atoms with E-state index < -0.39 is 0 Å². The first-order valence-electron chi connectivity index (χ1n) is 7.47. The third-order valence-corrected chi connectivity index (χ3v) is 4.46. The van der Waals surface area contributed by atoms with E-state index in [9.17, 15) is 9.59 Å². The number of hydrogen-bond acceptors (Lipinski definition) is 2. The lowest BCUT2D eigenvalue weighted by Crippen LogP contribution is -2.48. The van der Waals surface area contributed by atoms with Crippen LogP contribution in [0.4, 0.5) is 4.79 Å². The summed E-state index contributed by atoms with van der Waals surface area (Å²) in [6, 6.07) is 3.82. The summed E-state index contributed by atoms with van der Waals surface area (Å²) in [6.45, 7) is 2.14. The van der Waals surface area contributed by atoms with Gasteiger partial charge in [0, 0.05) is 46.0 Å². The first-order chi connectivity index (χ1) is 10.1.